The molecule has 10 aromatic rings. The maximum atomic E-state index is 9.89. The quantitative estimate of drug-likeness (QED) is 0.159. The van der Waals surface area contributed by atoms with E-state index in [0.717, 1.165) is 5.39 Å². The number of rotatable bonds is 7. The highest BCUT2D eigenvalue weighted by Crippen LogP contribution is 2.53. The normalized spacial score (nSPS) is 17.8. The number of benzene rings is 10. The molecule has 11 rings (SSSR count). The molecule has 282 valence electrons. The maximum Gasteiger partial charge on any atom is 0.143 e. The van der Waals surface area contributed by atoms with Crippen LogP contribution in [-0.2, 0) is 0 Å². The number of fused-ring (bicyclic) bond motifs is 6. The van der Waals surface area contributed by atoms with Crippen LogP contribution in [0.4, 0.5) is 17.1 Å². The van der Waals surface area contributed by atoms with Crippen molar-refractivity contribution in [1.82, 2.24) is 0 Å². The van der Waals surface area contributed by atoms with E-state index in [1.807, 2.05) is 24.3 Å². The van der Waals surface area contributed by atoms with Gasteiger partial charge in [0, 0.05) is 39.3 Å². The van der Waals surface area contributed by atoms with Crippen LogP contribution in [0.1, 0.15) is 37.0 Å². The summed E-state index contributed by atoms with van der Waals surface area (Å²) in [6.07, 6.45) is 0. The average molecular weight is 793 g/mol. The first-order chi connectivity index (χ1) is 41.0. The number of nitrogens with zero attached hydrogens (tertiary/aromatic N) is 1. The zero-order chi connectivity index (χ0) is 63.3. The van der Waals surface area contributed by atoms with Crippen molar-refractivity contribution in [2.24, 2.45) is 0 Å². The minimum atomic E-state index is -1.19. The molecule has 0 spiro atoms. The molecule has 0 aliphatic carbocycles. The zero-order valence-electron chi connectivity index (χ0n) is 57.8. The van der Waals surface area contributed by atoms with Gasteiger partial charge < -0.3 is 9.64 Å². The minimum Gasteiger partial charge on any atom is -0.455 e. The molecular formula is C58H39NO. The van der Waals surface area contributed by atoms with Gasteiger partial charge in [0.1, 0.15) is 11.5 Å². The summed E-state index contributed by atoms with van der Waals surface area (Å²) < 4.78 is 250. The Balaban J connectivity index is 1.24. The van der Waals surface area contributed by atoms with Crippen LogP contribution in [0.2, 0.25) is 0 Å². The standard InChI is InChI=1S/C58H39NO/c1-4-14-40(15-5-1)42-26-32-48(33-27-42)59(49-34-28-43(29-35-49)41-16-6-2-7-17-41)50-36-30-45(31-37-50)52-23-13-25-54-57-51(44-18-8-3-9-19-44)22-12-24-53(57)55-38-46-20-10-11-21-47(46)39-56(55)60-58(52)54/h1-39H/i1D,2D,3D,4D,5D,6D,7D,8D,9D,14D,15D,16D,17D,18D,19D,26D,27D,28D,29D,30D,31D,32D,33D,34D,35D,36D,37D. The number of hydrogen-bond donors (Lipinski definition) is 0. The van der Waals surface area contributed by atoms with Gasteiger partial charge in [-0.05, 0) is 104 Å². The van der Waals surface area contributed by atoms with E-state index in [-0.39, 0.29) is 39.3 Å². The predicted molar refractivity (Wildman–Crippen MR) is 251 cm³/mol. The van der Waals surface area contributed by atoms with E-state index in [9.17, 15) is 16.4 Å². The van der Waals surface area contributed by atoms with Crippen molar-refractivity contribution in [2.75, 3.05) is 4.90 Å². The van der Waals surface area contributed by atoms with Crippen molar-refractivity contribution in [3.05, 3.63) is 236 Å². The summed E-state index contributed by atoms with van der Waals surface area (Å²) in [5, 5.41) is 1.45. The lowest BCUT2D eigenvalue weighted by atomic mass is 9.86. The molecule has 1 heterocycles. The van der Waals surface area contributed by atoms with E-state index in [2.05, 4.69) is 0 Å². The molecule has 0 amide bonds. The Kier molecular flexibility index (Phi) is 4.31. The molecule has 60 heavy (non-hydrogen) atoms. The molecule has 0 aromatic heterocycles. The second-order valence-electron chi connectivity index (χ2n) is 13.2. The third kappa shape index (κ3) is 6.41. The van der Waals surface area contributed by atoms with Gasteiger partial charge in [-0.15, -0.1) is 0 Å². The van der Waals surface area contributed by atoms with Gasteiger partial charge in [0.15, 0.2) is 0 Å². The Morgan fingerprint density at radius 1 is 0.333 bits per heavy atom. The monoisotopic (exact) mass is 792 g/mol. The molecule has 1 aliphatic rings. The van der Waals surface area contributed by atoms with Crippen molar-refractivity contribution < 1.29 is 41.7 Å². The molecule has 1 aliphatic heterocycles. The topological polar surface area (TPSA) is 12.5 Å². The van der Waals surface area contributed by atoms with E-state index in [1.54, 1.807) is 36.4 Å². The van der Waals surface area contributed by atoms with Crippen LogP contribution in [-0.4, -0.2) is 0 Å². The Morgan fingerprint density at radius 3 is 1.30 bits per heavy atom. The minimum absolute atomic E-state index is 0.122. The first-order valence-electron chi connectivity index (χ1n) is 31.8. The van der Waals surface area contributed by atoms with Crippen molar-refractivity contribution in [3.63, 3.8) is 0 Å². The zero-order valence-corrected chi connectivity index (χ0v) is 30.8. The van der Waals surface area contributed by atoms with Crippen LogP contribution in [0.5, 0.6) is 11.5 Å². The SMILES string of the molecule is [2H]c1c([2H])c([2H])c(-c2cccc3c2-c2cccc(-c4c([2H])c([2H])c(N(c5c([2H])c([2H])c(-c6c([2H])c([2H])c([2H])c([2H])c6[2H])c([2H])c5[2H])c5c([2H])c([2H])c(-c6c([2H])c([2H])c([2H])c([2H])c6[2H])c([2H])c5[2H])c([2H])c4[2H])c2Oc2cc4ccccc4cc2-3)c([2H])c1[2H]. The highest BCUT2D eigenvalue weighted by atomic mass is 16.5. The second-order valence-corrected chi connectivity index (χ2v) is 13.2. The number of hydrogen-bond acceptors (Lipinski definition) is 2. The van der Waals surface area contributed by atoms with Gasteiger partial charge in [0.25, 0.3) is 0 Å². The Bertz CT molecular complexity index is 4460. The van der Waals surface area contributed by atoms with Crippen molar-refractivity contribution in [2.45, 2.75) is 0 Å². The van der Waals surface area contributed by atoms with Crippen LogP contribution in [0.15, 0.2) is 236 Å². The fraction of sp³-hybridized carbons (Fsp3) is 0. The molecule has 2 nitrogen and oxygen atoms in total. The molecule has 0 saturated carbocycles. The van der Waals surface area contributed by atoms with Gasteiger partial charge >= 0.3 is 0 Å². The lowest BCUT2D eigenvalue weighted by Gasteiger charge is -2.26. The van der Waals surface area contributed by atoms with E-state index in [4.69, 9.17) is 25.3 Å². The van der Waals surface area contributed by atoms with Crippen molar-refractivity contribution in [1.29, 1.82) is 0 Å². The summed E-state index contributed by atoms with van der Waals surface area (Å²) in [7, 11) is 0. The second kappa shape index (κ2) is 15.1. The lowest BCUT2D eigenvalue weighted by Crippen LogP contribution is -2.09. The fourth-order valence-corrected chi connectivity index (χ4v) is 7.05. The van der Waals surface area contributed by atoms with Gasteiger partial charge in [-0.25, -0.2) is 0 Å². The maximum absolute atomic E-state index is 9.89. The summed E-state index contributed by atoms with van der Waals surface area (Å²) in [5.74, 6) is 0.0758. The molecular weight excluding hydrogens is 727 g/mol. The third-order valence-corrected chi connectivity index (χ3v) is 9.74. The first kappa shape index (κ1) is 17.1. The molecule has 0 atom stereocenters. The molecule has 0 fully saturated rings. The average Bonchev–Trinajstić information content (AvgIpc) is 1.53. The summed E-state index contributed by atoms with van der Waals surface area (Å²) in [6.45, 7) is 0. The van der Waals surface area contributed by atoms with Crippen LogP contribution in [0, 0.1) is 0 Å². The van der Waals surface area contributed by atoms with Crippen LogP contribution >= 0.6 is 0 Å². The highest BCUT2D eigenvalue weighted by Gasteiger charge is 2.27. The molecule has 10 aromatic carbocycles. The lowest BCUT2D eigenvalue weighted by molar-refractivity contribution is 0.490. The van der Waals surface area contributed by atoms with Gasteiger partial charge in [-0.1, -0.05) is 188 Å². The largest absolute Gasteiger partial charge is 0.455 e. The van der Waals surface area contributed by atoms with Gasteiger partial charge in [0.2, 0.25) is 0 Å². The number of ether oxygens (including phenoxy) is 1. The molecule has 2 heteroatoms. The summed E-state index contributed by atoms with van der Waals surface area (Å²) in [4.78, 5) is 0.426. The summed E-state index contributed by atoms with van der Waals surface area (Å²) >= 11 is 0. The molecule has 0 saturated heterocycles. The smallest absolute Gasteiger partial charge is 0.143 e. The van der Waals surface area contributed by atoms with Gasteiger partial charge in [-0.2, -0.15) is 0 Å². The van der Waals surface area contributed by atoms with E-state index >= 15 is 0 Å². The Hall–Kier alpha value is -7.94. The first-order valence-corrected chi connectivity index (χ1v) is 18.3. The highest BCUT2D eigenvalue weighted by molar-refractivity contribution is 6.03. The summed E-state index contributed by atoms with van der Waals surface area (Å²) in [5.41, 5.74) is -5.69. The molecule has 0 radical (unpaired) electrons. The fourth-order valence-electron chi connectivity index (χ4n) is 7.05. The van der Waals surface area contributed by atoms with Crippen molar-refractivity contribution >= 4 is 27.8 Å². The van der Waals surface area contributed by atoms with Crippen LogP contribution < -0.4 is 9.64 Å². The van der Waals surface area contributed by atoms with Gasteiger partial charge in [0.05, 0.1) is 37.0 Å². The number of anilines is 3. The Morgan fingerprint density at radius 2 is 0.750 bits per heavy atom. The predicted octanol–water partition coefficient (Wildman–Crippen LogP) is 16.4. The van der Waals surface area contributed by atoms with E-state index in [0.29, 0.717) is 21.4 Å². The Labute approximate surface area is 388 Å². The number of para-hydroxylation sites is 1. The molecule has 0 unspecified atom stereocenters. The van der Waals surface area contributed by atoms with Crippen molar-refractivity contribution in [3.8, 4) is 78.3 Å². The third-order valence-electron chi connectivity index (χ3n) is 9.74. The molecule has 0 bridgehead atoms. The van der Waals surface area contributed by atoms with Gasteiger partial charge in [-0.3, -0.25) is 0 Å². The van der Waals surface area contributed by atoms with E-state index < -0.39 is 208 Å². The molecule has 0 N–H and O–H groups in total. The summed E-state index contributed by atoms with van der Waals surface area (Å²) in [6, 6.07) is -5.04. The van der Waals surface area contributed by atoms with Crippen LogP contribution in [0.3, 0.4) is 0 Å². The van der Waals surface area contributed by atoms with Crippen LogP contribution in [0.25, 0.3) is 77.5 Å². The van der Waals surface area contributed by atoms with E-state index in [1.165, 1.54) is 12.1 Å².